The third-order valence-electron chi connectivity index (χ3n) is 3.75. The number of sulfone groups is 1. The van der Waals surface area contributed by atoms with Gasteiger partial charge < -0.3 is 15.1 Å². The molecular weight excluding hydrogens is 316 g/mol. The lowest BCUT2D eigenvalue weighted by molar-refractivity contribution is -0.127. The van der Waals surface area contributed by atoms with Gasteiger partial charge in [0, 0.05) is 33.7 Å². The quantitative estimate of drug-likeness (QED) is 0.444. The van der Waals surface area contributed by atoms with E-state index >= 15 is 0 Å². The van der Waals surface area contributed by atoms with Crippen molar-refractivity contribution in [2.75, 3.05) is 46.0 Å². The molecule has 0 aliphatic carbocycles. The Balaban J connectivity index is 2.94. The monoisotopic (exact) mass is 344 g/mol. The largest absolute Gasteiger partial charge is 0.353 e. The molecule has 0 bridgehead atoms. The van der Waals surface area contributed by atoms with Crippen LogP contribution in [0.1, 0.15) is 20.8 Å². The van der Waals surface area contributed by atoms with Crippen LogP contribution in [0.25, 0.3) is 0 Å². The predicted octanol–water partition coefficient (Wildman–Crippen LogP) is 0.105. The number of guanidine groups is 1. The fourth-order valence-corrected chi connectivity index (χ4v) is 3.47. The van der Waals surface area contributed by atoms with Gasteiger partial charge in [-0.2, -0.15) is 0 Å². The average Bonchev–Trinajstić information content (AvgIpc) is 2.41. The number of carbonyl (C=O) groups excluding carboxylic acids is 1. The second-order valence-corrected chi connectivity index (χ2v) is 9.48. The molecule has 1 heterocycles. The van der Waals surface area contributed by atoms with Gasteiger partial charge in [-0.15, -0.1) is 0 Å². The van der Waals surface area contributed by atoms with Gasteiger partial charge in [-0.1, -0.05) is 12.2 Å². The highest BCUT2D eigenvalue weighted by Gasteiger charge is 2.41. The number of aliphatic imine (C=N–C) groups is 1. The van der Waals surface area contributed by atoms with Gasteiger partial charge in [0.1, 0.15) is 6.54 Å². The SMILES string of the molecule is C=C(C)CNC(=NCC(=O)N(C)C)N1CCS(=O)(=O)C(C)(C)C1. The molecule has 132 valence electrons. The molecule has 1 fully saturated rings. The third-order valence-corrected chi connectivity index (χ3v) is 6.29. The Kier molecular flexibility index (Phi) is 6.21. The molecule has 0 atom stereocenters. The van der Waals surface area contributed by atoms with Crippen LogP contribution in [0.15, 0.2) is 17.1 Å². The summed E-state index contributed by atoms with van der Waals surface area (Å²) >= 11 is 0. The number of likely N-dealkylation sites (N-methyl/N-ethyl adjacent to an activating group) is 1. The molecule has 23 heavy (non-hydrogen) atoms. The summed E-state index contributed by atoms with van der Waals surface area (Å²) in [4.78, 5) is 19.5. The zero-order valence-electron chi connectivity index (χ0n) is 14.7. The molecule has 0 spiro atoms. The molecule has 0 unspecified atom stereocenters. The number of nitrogens with zero attached hydrogens (tertiary/aromatic N) is 3. The van der Waals surface area contributed by atoms with Gasteiger partial charge in [0.25, 0.3) is 0 Å². The van der Waals surface area contributed by atoms with Crippen molar-refractivity contribution in [3.63, 3.8) is 0 Å². The standard InChI is InChI=1S/C15H28N4O3S/c1-12(2)9-16-14(17-10-13(20)18(5)6)19-7-8-23(21,22)15(3,4)11-19/h1,7-11H2,2-6H3,(H,16,17). The maximum absolute atomic E-state index is 12.1. The van der Waals surface area contributed by atoms with Crippen molar-refractivity contribution in [2.24, 2.45) is 4.99 Å². The Morgan fingerprint density at radius 1 is 1.39 bits per heavy atom. The predicted molar refractivity (Wildman–Crippen MR) is 93.3 cm³/mol. The van der Waals surface area contributed by atoms with Gasteiger partial charge in [-0.3, -0.25) is 4.79 Å². The van der Waals surface area contributed by atoms with Gasteiger partial charge in [0.15, 0.2) is 15.8 Å². The van der Waals surface area contributed by atoms with Crippen LogP contribution in [0, 0.1) is 0 Å². The highest BCUT2D eigenvalue weighted by Crippen LogP contribution is 2.23. The molecule has 1 saturated heterocycles. The first-order valence-electron chi connectivity index (χ1n) is 7.56. The van der Waals surface area contributed by atoms with E-state index in [1.54, 1.807) is 27.9 Å². The Morgan fingerprint density at radius 2 is 2.00 bits per heavy atom. The van der Waals surface area contributed by atoms with Crippen LogP contribution < -0.4 is 5.32 Å². The smallest absolute Gasteiger partial charge is 0.243 e. The number of amides is 1. The van der Waals surface area contributed by atoms with Crippen molar-refractivity contribution in [3.05, 3.63) is 12.2 Å². The van der Waals surface area contributed by atoms with Gasteiger partial charge in [-0.05, 0) is 20.8 Å². The fraction of sp³-hybridized carbons (Fsp3) is 0.733. The van der Waals surface area contributed by atoms with Crippen LogP contribution in [0.3, 0.4) is 0 Å². The molecule has 0 radical (unpaired) electrons. The summed E-state index contributed by atoms with van der Waals surface area (Å²) in [7, 11) is 0.231. The minimum absolute atomic E-state index is 0.0230. The molecule has 7 nitrogen and oxygen atoms in total. The molecule has 0 saturated carbocycles. The Bertz CT molecular complexity index is 594. The number of nitrogens with one attached hydrogen (secondary N) is 1. The van der Waals surface area contributed by atoms with E-state index in [-0.39, 0.29) is 18.2 Å². The number of hydrogen-bond acceptors (Lipinski definition) is 4. The van der Waals surface area contributed by atoms with Crippen LogP contribution in [-0.4, -0.2) is 80.9 Å². The molecule has 1 aliphatic heterocycles. The minimum atomic E-state index is -3.12. The number of carbonyl (C=O) groups is 1. The molecule has 0 aromatic rings. The average molecular weight is 344 g/mol. The number of rotatable bonds is 4. The Hall–Kier alpha value is -1.57. The molecule has 1 aliphatic rings. The van der Waals surface area contributed by atoms with Crippen LogP contribution >= 0.6 is 0 Å². The second-order valence-electron chi connectivity index (χ2n) is 6.74. The minimum Gasteiger partial charge on any atom is -0.353 e. The lowest BCUT2D eigenvalue weighted by atomic mass is 10.2. The van der Waals surface area contributed by atoms with E-state index in [4.69, 9.17) is 0 Å². The maximum Gasteiger partial charge on any atom is 0.243 e. The van der Waals surface area contributed by atoms with Crippen LogP contribution in [-0.2, 0) is 14.6 Å². The van der Waals surface area contributed by atoms with Gasteiger partial charge in [-0.25, -0.2) is 13.4 Å². The summed E-state index contributed by atoms with van der Waals surface area (Å²) in [6, 6.07) is 0. The highest BCUT2D eigenvalue weighted by atomic mass is 32.2. The van der Waals surface area contributed by atoms with E-state index in [2.05, 4.69) is 16.9 Å². The summed E-state index contributed by atoms with van der Waals surface area (Å²) in [5.74, 6) is 0.518. The zero-order chi connectivity index (χ0) is 17.8. The molecule has 0 aromatic carbocycles. The molecule has 0 aromatic heterocycles. The molecule has 8 heteroatoms. The summed E-state index contributed by atoms with van der Waals surface area (Å²) < 4.78 is 23.4. The van der Waals surface area contributed by atoms with Gasteiger partial charge >= 0.3 is 0 Å². The van der Waals surface area contributed by atoms with E-state index in [0.29, 0.717) is 25.6 Å². The summed E-state index contributed by atoms with van der Waals surface area (Å²) in [5, 5.41) is 3.16. The highest BCUT2D eigenvalue weighted by molar-refractivity contribution is 7.92. The third kappa shape index (κ3) is 5.23. The van der Waals surface area contributed by atoms with E-state index in [9.17, 15) is 13.2 Å². The summed E-state index contributed by atoms with van der Waals surface area (Å²) in [5.41, 5.74) is 0.931. The fourth-order valence-electron chi connectivity index (χ4n) is 2.11. The second kappa shape index (κ2) is 7.33. The maximum atomic E-state index is 12.1. The zero-order valence-corrected chi connectivity index (χ0v) is 15.5. The first-order chi connectivity index (χ1) is 10.5. The molecular formula is C15H28N4O3S. The number of hydrogen-bond donors (Lipinski definition) is 1. The summed E-state index contributed by atoms with van der Waals surface area (Å²) in [6.45, 7) is 10.4. The Morgan fingerprint density at radius 3 is 2.48 bits per heavy atom. The molecule has 1 rings (SSSR count). The van der Waals surface area contributed by atoms with Crippen LogP contribution in [0.5, 0.6) is 0 Å². The van der Waals surface area contributed by atoms with Gasteiger partial charge in [0.2, 0.25) is 5.91 Å². The summed E-state index contributed by atoms with van der Waals surface area (Å²) in [6.07, 6.45) is 0. The van der Waals surface area contributed by atoms with Crippen molar-refractivity contribution >= 4 is 21.7 Å². The van der Waals surface area contributed by atoms with Crippen molar-refractivity contribution in [3.8, 4) is 0 Å². The van der Waals surface area contributed by atoms with Crippen molar-refractivity contribution in [1.82, 2.24) is 15.1 Å². The van der Waals surface area contributed by atoms with Crippen molar-refractivity contribution < 1.29 is 13.2 Å². The van der Waals surface area contributed by atoms with Gasteiger partial charge in [0.05, 0.1) is 10.5 Å². The van der Waals surface area contributed by atoms with Crippen molar-refractivity contribution in [1.29, 1.82) is 0 Å². The van der Waals surface area contributed by atoms with Crippen LogP contribution in [0.2, 0.25) is 0 Å². The first kappa shape index (κ1) is 19.5. The lowest BCUT2D eigenvalue weighted by Gasteiger charge is -2.39. The first-order valence-corrected chi connectivity index (χ1v) is 9.21. The van der Waals surface area contributed by atoms with E-state index in [1.165, 1.54) is 4.90 Å². The topological polar surface area (TPSA) is 82.1 Å². The van der Waals surface area contributed by atoms with E-state index in [1.807, 2.05) is 11.8 Å². The Labute approximate surface area is 139 Å². The van der Waals surface area contributed by atoms with Crippen molar-refractivity contribution in [2.45, 2.75) is 25.5 Å². The normalized spacial score (nSPS) is 20.0. The van der Waals surface area contributed by atoms with E-state index in [0.717, 1.165) is 5.57 Å². The van der Waals surface area contributed by atoms with Crippen LogP contribution in [0.4, 0.5) is 0 Å². The molecule has 1 amide bonds. The van der Waals surface area contributed by atoms with E-state index < -0.39 is 14.6 Å². The lowest BCUT2D eigenvalue weighted by Crippen LogP contribution is -2.57. The molecule has 1 N–H and O–H groups in total.